The number of piperidine rings is 1. The molecule has 1 aromatic heterocycles. The van der Waals surface area contributed by atoms with Gasteiger partial charge in [-0.3, -0.25) is 9.78 Å². The van der Waals surface area contributed by atoms with Gasteiger partial charge in [0, 0.05) is 53.8 Å². The van der Waals surface area contributed by atoms with Crippen molar-refractivity contribution in [3.05, 3.63) is 83.2 Å². The normalized spacial score (nSPS) is 17.2. The highest BCUT2D eigenvalue weighted by atomic mass is 32.2. The number of nitrogens with zero attached hydrogens (tertiary/aromatic N) is 3. The molecule has 0 spiro atoms. The van der Waals surface area contributed by atoms with Gasteiger partial charge >= 0.3 is 0 Å². The number of aromatic nitrogens is 1. The van der Waals surface area contributed by atoms with Crippen LogP contribution in [-0.2, 0) is 11.3 Å². The second-order valence-electron chi connectivity index (χ2n) is 8.21. The number of thioether (sulfide) groups is 1. The lowest BCUT2D eigenvalue weighted by atomic mass is 10.0. The number of fused-ring (bicyclic) bond motifs is 1. The minimum Gasteiger partial charge on any atom is -0.356 e. The first-order valence-electron chi connectivity index (χ1n) is 11.3. The Balaban J connectivity index is 1.56. The minimum absolute atomic E-state index is 0.0364. The summed E-state index contributed by atoms with van der Waals surface area (Å²) in [6, 6.07) is 12.3. The zero-order valence-electron chi connectivity index (χ0n) is 18.6. The molecule has 1 amide bonds. The molecule has 0 saturated carbocycles. The summed E-state index contributed by atoms with van der Waals surface area (Å²) in [6.45, 7) is 8.55. The molecule has 0 bridgehead atoms. The average molecular weight is 447 g/mol. The van der Waals surface area contributed by atoms with Gasteiger partial charge in [-0.15, -0.1) is 6.58 Å². The van der Waals surface area contributed by atoms with Gasteiger partial charge < -0.3 is 10.2 Å². The van der Waals surface area contributed by atoms with Gasteiger partial charge in [0.25, 0.3) is 0 Å². The average Bonchev–Trinajstić information content (AvgIpc) is 2.98. The maximum atomic E-state index is 12.9. The van der Waals surface area contributed by atoms with E-state index < -0.39 is 0 Å². The van der Waals surface area contributed by atoms with Crippen molar-refractivity contribution < 1.29 is 4.79 Å². The van der Waals surface area contributed by atoms with Crippen molar-refractivity contribution in [2.24, 2.45) is 10.9 Å². The first-order valence-corrected chi connectivity index (χ1v) is 12.1. The fourth-order valence-corrected chi connectivity index (χ4v) is 5.07. The number of pyridine rings is 1. The van der Waals surface area contributed by atoms with Gasteiger partial charge in [-0.25, -0.2) is 4.99 Å². The summed E-state index contributed by atoms with van der Waals surface area (Å²) in [6.07, 6.45) is 9.43. The van der Waals surface area contributed by atoms with E-state index in [0.29, 0.717) is 13.0 Å². The van der Waals surface area contributed by atoms with Crippen LogP contribution in [0.1, 0.15) is 43.7 Å². The number of hydrogen-bond acceptors (Lipinski definition) is 5. The second kappa shape index (κ2) is 10.6. The number of benzene rings is 1. The van der Waals surface area contributed by atoms with Crippen molar-refractivity contribution in [2.45, 2.75) is 44.0 Å². The van der Waals surface area contributed by atoms with Gasteiger partial charge in [0.2, 0.25) is 5.91 Å². The molecule has 2 aromatic rings. The molecule has 3 heterocycles. The highest BCUT2D eigenvalue weighted by Crippen LogP contribution is 2.38. The number of hydrogen-bond donors (Lipinski definition) is 1. The fourth-order valence-electron chi connectivity index (χ4n) is 4.08. The molecule has 2 aliphatic heterocycles. The van der Waals surface area contributed by atoms with Crippen LogP contribution in [0.3, 0.4) is 0 Å². The van der Waals surface area contributed by atoms with Gasteiger partial charge in [0.05, 0.1) is 11.6 Å². The van der Waals surface area contributed by atoms with E-state index in [1.54, 1.807) is 30.2 Å². The van der Waals surface area contributed by atoms with E-state index in [1.165, 1.54) is 29.7 Å². The number of amides is 1. The third kappa shape index (κ3) is 5.30. The Morgan fingerprint density at radius 3 is 2.78 bits per heavy atom. The highest BCUT2D eigenvalue weighted by molar-refractivity contribution is 8.03. The number of likely N-dealkylation sites (tertiary alicyclic amines) is 1. The SMILES string of the molecule is C=CC(CC1=C(C)Sc2ccccc2C(N2CCCCC2)=N1)C(=O)NCc1cccnc1. The van der Waals surface area contributed by atoms with Crippen molar-refractivity contribution >= 4 is 23.5 Å². The Bertz CT molecular complexity index is 1030. The maximum Gasteiger partial charge on any atom is 0.227 e. The number of aliphatic imine (C=N–C) groups is 1. The number of amidine groups is 1. The molecule has 1 fully saturated rings. The molecule has 1 aromatic carbocycles. The Hall–Kier alpha value is -2.86. The molecule has 0 aliphatic carbocycles. The summed E-state index contributed by atoms with van der Waals surface area (Å²) < 4.78 is 0. The second-order valence-corrected chi connectivity index (χ2v) is 9.47. The van der Waals surface area contributed by atoms with Crippen molar-refractivity contribution in [1.82, 2.24) is 15.2 Å². The lowest BCUT2D eigenvalue weighted by molar-refractivity contribution is -0.123. The number of rotatable bonds is 6. The van der Waals surface area contributed by atoms with E-state index in [2.05, 4.69) is 53.0 Å². The fraction of sp³-hybridized carbons (Fsp3) is 0.346. The van der Waals surface area contributed by atoms with Crippen LogP contribution >= 0.6 is 11.8 Å². The van der Waals surface area contributed by atoms with Crippen LogP contribution in [0.5, 0.6) is 0 Å². The Morgan fingerprint density at radius 1 is 1.22 bits per heavy atom. The predicted octanol–water partition coefficient (Wildman–Crippen LogP) is 5.16. The molecular formula is C26H30N4OS. The van der Waals surface area contributed by atoms with Crippen molar-refractivity contribution in [3.63, 3.8) is 0 Å². The number of carbonyl (C=O) groups excluding carboxylic acids is 1. The molecule has 4 rings (SSSR count). The third-order valence-corrected chi connectivity index (χ3v) is 7.04. The third-order valence-electron chi connectivity index (χ3n) is 5.92. The molecule has 6 heteroatoms. The molecule has 32 heavy (non-hydrogen) atoms. The topological polar surface area (TPSA) is 57.6 Å². The van der Waals surface area contributed by atoms with E-state index in [9.17, 15) is 4.79 Å². The van der Waals surface area contributed by atoms with Crippen molar-refractivity contribution in [3.8, 4) is 0 Å². The zero-order valence-corrected chi connectivity index (χ0v) is 19.4. The molecular weight excluding hydrogens is 416 g/mol. The van der Waals surface area contributed by atoms with E-state index in [0.717, 1.165) is 35.1 Å². The van der Waals surface area contributed by atoms with Gasteiger partial charge in [0.1, 0.15) is 5.84 Å². The van der Waals surface area contributed by atoms with Crippen LogP contribution in [0.4, 0.5) is 0 Å². The standard InChI is InChI=1S/C26H30N4OS/c1-3-21(26(31)28-18-20-10-9-13-27-17-20)16-23-19(2)32-24-12-6-5-11-22(24)25(29-23)30-14-7-4-8-15-30/h3,5-6,9-13,17,21H,1,4,7-8,14-16,18H2,2H3,(H,28,31). The summed E-state index contributed by atoms with van der Waals surface area (Å²) in [5.41, 5.74) is 3.13. The molecule has 166 valence electrons. The first kappa shape index (κ1) is 22.3. The predicted molar refractivity (Wildman–Crippen MR) is 131 cm³/mol. The zero-order chi connectivity index (χ0) is 22.3. The lowest BCUT2D eigenvalue weighted by Gasteiger charge is -2.30. The summed E-state index contributed by atoms with van der Waals surface area (Å²) in [4.78, 5) is 27.0. The van der Waals surface area contributed by atoms with Crippen LogP contribution in [0.25, 0.3) is 0 Å². The van der Waals surface area contributed by atoms with Gasteiger partial charge in [0.15, 0.2) is 0 Å². The Kier molecular flexibility index (Phi) is 7.43. The van der Waals surface area contributed by atoms with Crippen LogP contribution < -0.4 is 5.32 Å². The number of allylic oxidation sites excluding steroid dienone is 2. The summed E-state index contributed by atoms with van der Waals surface area (Å²) >= 11 is 1.75. The van der Waals surface area contributed by atoms with Gasteiger partial charge in [-0.2, -0.15) is 0 Å². The number of carbonyl (C=O) groups is 1. The quantitative estimate of drug-likeness (QED) is 0.623. The molecule has 0 radical (unpaired) electrons. The summed E-state index contributed by atoms with van der Waals surface area (Å²) in [7, 11) is 0. The van der Waals surface area contributed by atoms with Crippen LogP contribution in [0.2, 0.25) is 0 Å². The van der Waals surface area contributed by atoms with Gasteiger partial charge in [-0.05, 0) is 43.9 Å². The molecule has 1 atom stereocenters. The first-order chi connectivity index (χ1) is 15.7. The Morgan fingerprint density at radius 2 is 2.03 bits per heavy atom. The van der Waals surface area contributed by atoms with Crippen LogP contribution in [0.15, 0.2) is 81.9 Å². The summed E-state index contributed by atoms with van der Waals surface area (Å²) in [5, 5.41) is 3.02. The van der Waals surface area contributed by atoms with E-state index in [4.69, 9.17) is 4.99 Å². The van der Waals surface area contributed by atoms with Crippen LogP contribution in [-0.4, -0.2) is 34.7 Å². The maximum absolute atomic E-state index is 12.9. The van der Waals surface area contributed by atoms with Gasteiger partial charge in [-0.1, -0.05) is 42.1 Å². The number of nitrogens with one attached hydrogen (secondary N) is 1. The van der Waals surface area contributed by atoms with E-state index in [-0.39, 0.29) is 11.8 Å². The highest BCUT2D eigenvalue weighted by Gasteiger charge is 2.25. The lowest BCUT2D eigenvalue weighted by Crippen LogP contribution is -2.36. The van der Waals surface area contributed by atoms with E-state index >= 15 is 0 Å². The monoisotopic (exact) mass is 446 g/mol. The minimum atomic E-state index is -0.343. The Labute approximate surface area is 194 Å². The largest absolute Gasteiger partial charge is 0.356 e. The van der Waals surface area contributed by atoms with E-state index in [1.807, 2.05) is 12.1 Å². The van der Waals surface area contributed by atoms with Crippen LogP contribution in [0, 0.1) is 5.92 Å². The molecule has 2 aliphatic rings. The smallest absolute Gasteiger partial charge is 0.227 e. The molecule has 1 saturated heterocycles. The molecule has 1 N–H and O–H groups in total. The van der Waals surface area contributed by atoms with Crippen molar-refractivity contribution in [1.29, 1.82) is 0 Å². The molecule has 1 unspecified atom stereocenters. The summed E-state index contributed by atoms with van der Waals surface area (Å²) in [5.74, 6) is 0.661. The molecule has 5 nitrogen and oxygen atoms in total. The van der Waals surface area contributed by atoms with Crippen molar-refractivity contribution in [2.75, 3.05) is 13.1 Å².